The minimum Gasteiger partial charge on any atom is -0.495 e. The summed E-state index contributed by atoms with van der Waals surface area (Å²) >= 11 is 6.06. The molecule has 3 rings (SSSR count). The highest BCUT2D eigenvalue weighted by molar-refractivity contribution is 7.92. The van der Waals surface area contributed by atoms with Crippen molar-refractivity contribution < 1.29 is 22.7 Å². The second kappa shape index (κ2) is 10.1. The molecule has 0 fully saturated rings. The maximum absolute atomic E-state index is 12.8. The highest BCUT2D eigenvalue weighted by Gasteiger charge is 2.31. The van der Waals surface area contributed by atoms with Crippen LogP contribution >= 0.6 is 11.6 Å². The van der Waals surface area contributed by atoms with E-state index < -0.39 is 22.0 Å². The number of fused-ring (bicyclic) bond motifs is 1. The van der Waals surface area contributed by atoms with Gasteiger partial charge in [-0.2, -0.15) is 0 Å². The molecule has 0 heterocycles. The fourth-order valence-corrected chi connectivity index (χ4v) is 4.76. The zero-order valence-electron chi connectivity index (χ0n) is 18.0. The van der Waals surface area contributed by atoms with Crippen LogP contribution in [0.4, 0.5) is 5.69 Å². The van der Waals surface area contributed by atoms with Crippen LogP contribution < -0.4 is 19.1 Å². The summed E-state index contributed by atoms with van der Waals surface area (Å²) in [5, 5.41) is 5.09. The Morgan fingerprint density at radius 3 is 2.53 bits per heavy atom. The second-order valence-corrected chi connectivity index (χ2v) is 9.46. The topological polar surface area (TPSA) is 84.9 Å². The third-order valence-electron chi connectivity index (χ3n) is 4.88. The zero-order chi connectivity index (χ0) is 23.3. The number of halogens is 1. The fourth-order valence-electron chi connectivity index (χ4n) is 3.42. The van der Waals surface area contributed by atoms with Crippen LogP contribution in [-0.4, -0.2) is 46.9 Å². The van der Waals surface area contributed by atoms with Crippen LogP contribution in [0.2, 0.25) is 5.02 Å². The summed E-state index contributed by atoms with van der Waals surface area (Å²) in [5.74, 6) is 0.532. The predicted molar refractivity (Wildman–Crippen MR) is 127 cm³/mol. The molecule has 0 radical (unpaired) electrons. The van der Waals surface area contributed by atoms with Gasteiger partial charge in [0.1, 0.15) is 24.1 Å². The van der Waals surface area contributed by atoms with Gasteiger partial charge in [-0.3, -0.25) is 9.10 Å². The number of amides is 1. The molecule has 170 valence electrons. The van der Waals surface area contributed by atoms with Crippen molar-refractivity contribution in [1.82, 2.24) is 5.32 Å². The van der Waals surface area contributed by atoms with Crippen molar-refractivity contribution in [3.63, 3.8) is 0 Å². The fraction of sp³-hybridized carbons (Fsp3) is 0.261. The summed E-state index contributed by atoms with van der Waals surface area (Å²) < 4.78 is 37.1. The molecule has 7 nitrogen and oxygen atoms in total. The number of nitrogens with one attached hydrogen (secondary N) is 1. The van der Waals surface area contributed by atoms with Crippen LogP contribution in [0.15, 0.2) is 60.7 Å². The van der Waals surface area contributed by atoms with Gasteiger partial charge in [0.2, 0.25) is 15.9 Å². The number of hydrogen-bond acceptors (Lipinski definition) is 5. The lowest BCUT2D eigenvalue weighted by Gasteiger charge is -2.29. The number of nitrogens with zero attached hydrogens (tertiary/aromatic N) is 1. The highest BCUT2D eigenvalue weighted by Crippen LogP contribution is 2.34. The van der Waals surface area contributed by atoms with Crippen molar-refractivity contribution in [2.75, 3.05) is 30.8 Å². The lowest BCUT2D eigenvalue weighted by molar-refractivity contribution is -0.121. The lowest BCUT2D eigenvalue weighted by Crippen LogP contribution is -2.48. The molecule has 1 N–H and O–H groups in total. The monoisotopic (exact) mass is 476 g/mol. The van der Waals surface area contributed by atoms with Crippen LogP contribution in [0.25, 0.3) is 10.8 Å². The Kier molecular flexibility index (Phi) is 7.48. The highest BCUT2D eigenvalue weighted by atomic mass is 35.5. The first-order valence-electron chi connectivity index (χ1n) is 9.93. The number of anilines is 1. The number of sulfonamides is 1. The van der Waals surface area contributed by atoms with E-state index in [0.29, 0.717) is 16.5 Å². The number of carbonyl (C=O) groups is 1. The molecule has 32 heavy (non-hydrogen) atoms. The van der Waals surface area contributed by atoms with Gasteiger partial charge in [-0.25, -0.2) is 8.42 Å². The number of hydrogen-bond donors (Lipinski definition) is 1. The van der Waals surface area contributed by atoms with E-state index in [1.54, 1.807) is 12.1 Å². The van der Waals surface area contributed by atoms with E-state index in [1.807, 2.05) is 42.5 Å². The smallest absolute Gasteiger partial charge is 0.243 e. The van der Waals surface area contributed by atoms with Gasteiger partial charge >= 0.3 is 0 Å². The average molecular weight is 477 g/mol. The van der Waals surface area contributed by atoms with Crippen molar-refractivity contribution >= 4 is 44.0 Å². The maximum Gasteiger partial charge on any atom is 0.243 e. The van der Waals surface area contributed by atoms with Gasteiger partial charge in [0.05, 0.1) is 25.6 Å². The van der Waals surface area contributed by atoms with E-state index in [4.69, 9.17) is 21.1 Å². The van der Waals surface area contributed by atoms with Crippen LogP contribution in [0.3, 0.4) is 0 Å². The van der Waals surface area contributed by atoms with Gasteiger partial charge in [-0.1, -0.05) is 48.0 Å². The molecule has 3 aromatic rings. The normalized spacial score (nSPS) is 12.2. The molecule has 0 saturated heterocycles. The second-order valence-electron chi connectivity index (χ2n) is 7.17. The Morgan fingerprint density at radius 1 is 1.09 bits per heavy atom. The average Bonchev–Trinajstić information content (AvgIpc) is 2.76. The summed E-state index contributed by atoms with van der Waals surface area (Å²) in [6.45, 7) is 1.94. The molecule has 0 aliphatic heterocycles. The molecule has 1 atom stereocenters. The molecule has 0 aliphatic carbocycles. The van der Waals surface area contributed by atoms with Gasteiger partial charge in [0.15, 0.2) is 0 Å². The first-order valence-corrected chi connectivity index (χ1v) is 12.2. The third kappa shape index (κ3) is 5.44. The molecule has 0 spiro atoms. The van der Waals surface area contributed by atoms with E-state index in [9.17, 15) is 13.2 Å². The first-order chi connectivity index (χ1) is 15.2. The molecule has 3 aromatic carbocycles. The van der Waals surface area contributed by atoms with E-state index in [0.717, 1.165) is 21.3 Å². The molecular formula is C23H25ClN2O5S. The van der Waals surface area contributed by atoms with Crippen LogP contribution in [0.1, 0.15) is 6.92 Å². The van der Waals surface area contributed by atoms with Crippen LogP contribution in [0, 0.1) is 0 Å². The number of carbonyl (C=O) groups excluding carboxylic acids is 1. The summed E-state index contributed by atoms with van der Waals surface area (Å²) in [5.41, 5.74) is 0.192. The molecule has 0 aromatic heterocycles. The Labute approximate surface area is 192 Å². The maximum atomic E-state index is 12.8. The van der Waals surface area contributed by atoms with E-state index in [-0.39, 0.29) is 18.8 Å². The van der Waals surface area contributed by atoms with Crippen LogP contribution in [0.5, 0.6) is 11.5 Å². The Hall–Kier alpha value is -2.97. The molecule has 0 saturated carbocycles. The third-order valence-corrected chi connectivity index (χ3v) is 6.34. The number of rotatable bonds is 9. The van der Waals surface area contributed by atoms with Gasteiger partial charge < -0.3 is 14.8 Å². The largest absolute Gasteiger partial charge is 0.495 e. The molecule has 1 amide bonds. The molecule has 0 bridgehead atoms. The van der Waals surface area contributed by atoms with Crippen molar-refractivity contribution in [1.29, 1.82) is 0 Å². The number of ether oxygens (including phenoxy) is 2. The lowest BCUT2D eigenvalue weighted by atomic mass is 10.1. The predicted octanol–water partition coefficient (Wildman–Crippen LogP) is 3.85. The molecule has 0 unspecified atom stereocenters. The SMILES string of the molecule is COc1ccc(Cl)cc1N([C@@H](C)C(=O)NCCOc1cccc2ccccc12)S(C)(=O)=O. The molecule has 9 heteroatoms. The van der Waals surface area contributed by atoms with E-state index in [1.165, 1.54) is 20.1 Å². The van der Waals surface area contributed by atoms with Crippen LogP contribution in [-0.2, 0) is 14.8 Å². The van der Waals surface area contributed by atoms with Crippen molar-refractivity contribution in [2.45, 2.75) is 13.0 Å². The Morgan fingerprint density at radius 2 is 1.81 bits per heavy atom. The number of methoxy groups -OCH3 is 1. The first kappa shape index (κ1) is 23.7. The Balaban J connectivity index is 1.69. The quantitative estimate of drug-likeness (QED) is 0.474. The van der Waals surface area contributed by atoms with E-state index in [2.05, 4.69) is 5.32 Å². The van der Waals surface area contributed by atoms with Gasteiger partial charge in [0.25, 0.3) is 0 Å². The van der Waals surface area contributed by atoms with Crippen molar-refractivity contribution in [3.8, 4) is 11.5 Å². The number of benzene rings is 3. The van der Waals surface area contributed by atoms with E-state index >= 15 is 0 Å². The molecule has 0 aliphatic rings. The van der Waals surface area contributed by atoms with Crippen molar-refractivity contribution in [3.05, 3.63) is 65.7 Å². The summed E-state index contributed by atoms with van der Waals surface area (Å²) in [7, 11) is -2.39. The molecular weight excluding hydrogens is 452 g/mol. The van der Waals surface area contributed by atoms with Gasteiger partial charge in [-0.05, 0) is 36.6 Å². The van der Waals surface area contributed by atoms with Gasteiger partial charge in [0, 0.05) is 10.4 Å². The summed E-state index contributed by atoms with van der Waals surface area (Å²) in [6, 6.07) is 17.2. The van der Waals surface area contributed by atoms with Crippen molar-refractivity contribution in [2.24, 2.45) is 0 Å². The summed E-state index contributed by atoms with van der Waals surface area (Å²) in [6.07, 6.45) is 1.03. The minimum absolute atomic E-state index is 0.192. The zero-order valence-corrected chi connectivity index (χ0v) is 19.6. The summed E-state index contributed by atoms with van der Waals surface area (Å²) in [4.78, 5) is 12.8. The minimum atomic E-state index is -3.81. The standard InChI is InChI=1S/C23H25ClN2O5S/c1-16(26(32(3,28)29)20-15-18(24)11-12-22(20)30-2)23(27)25-13-14-31-21-10-6-8-17-7-4-5-9-19(17)21/h4-12,15-16H,13-14H2,1-3H3,(H,25,27)/t16-/m0/s1. The Bertz CT molecular complexity index is 1210. The van der Waals surface area contributed by atoms with Gasteiger partial charge in [-0.15, -0.1) is 0 Å².